The van der Waals surface area contributed by atoms with E-state index in [1.165, 1.54) is 10.4 Å². The first-order valence-corrected chi connectivity index (χ1v) is 15.0. The Hall–Kier alpha value is -2.77. The minimum absolute atomic E-state index is 0.0874. The van der Waals surface area contributed by atoms with E-state index in [2.05, 4.69) is 98.5 Å². The van der Waals surface area contributed by atoms with Crippen molar-refractivity contribution in [3.05, 3.63) is 96.6 Å². The normalized spacial score (nSPS) is 19.6. The van der Waals surface area contributed by atoms with Gasteiger partial charge < -0.3 is 14.1 Å². The summed E-state index contributed by atoms with van der Waals surface area (Å²) in [5, 5.41) is 2.32. The number of amides is 1. The predicted octanol–water partition coefficient (Wildman–Crippen LogP) is 3.92. The highest BCUT2D eigenvalue weighted by atomic mass is 28.4. The van der Waals surface area contributed by atoms with E-state index in [1.54, 1.807) is 0 Å². The molecule has 1 saturated heterocycles. The smallest absolute Gasteiger partial charge is 0.261 e. The van der Waals surface area contributed by atoms with Crippen molar-refractivity contribution in [2.24, 2.45) is 0 Å². The average molecular weight is 517 g/mol. The molecule has 0 aromatic heterocycles. The summed E-state index contributed by atoms with van der Waals surface area (Å²) >= 11 is 0. The number of carbonyl (C=O) groups excluding carboxylic acids is 1. The van der Waals surface area contributed by atoms with Gasteiger partial charge in [-0.15, -0.1) is 0 Å². The fraction of sp³-hybridized carbons (Fsp3) is 0.387. The topological polar surface area (TPSA) is 42.0 Å². The zero-order valence-corrected chi connectivity index (χ0v) is 23.8. The molecule has 1 aliphatic heterocycles. The van der Waals surface area contributed by atoms with Crippen LogP contribution < -0.4 is 10.4 Å². The van der Waals surface area contributed by atoms with Gasteiger partial charge in [0.15, 0.2) is 0 Å². The van der Waals surface area contributed by atoms with Crippen LogP contribution in [0.15, 0.2) is 91.0 Å². The number of hydrogen-bond acceptors (Lipinski definition) is 4. The number of carbonyl (C=O) groups is 1. The Bertz CT molecular complexity index is 1100. The summed E-state index contributed by atoms with van der Waals surface area (Å²) in [4.78, 5) is 17.0. The quantitative estimate of drug-likeness (QED) is 0.426. The maximum Gasteiger partial charge on any atom is 0.261 e. The third-order valence-corrected chi connectivity index (χ3v) is 12.4. The van der Waals surface area contributed by atoms with E-state index in [0.717, 1.165) is 5.56 Å². The molecule has 5 nitrogen and oxygen atoms in total. The van der Waals surface area contributed by atoms with Crippen LogP contribution in [0.1, 0.15) is 26.3 Å². The van der Waals surface area contributed by atoms with E-state index >= 15 is 0 Å². The first-order valence-electron chi connectivity index (χ1n) is 13.1. The second-order valence-corrected chi connectivity index (χ2v) is 15.3. The summed E-state index contributed by atoms with van der Waals surface area (Å²) in [5.74, 6) is 0.0874. The third-order valence-electron chi connectivity index (χ3n) is 7.36. The van der Waals surface area contributed by atoms with Gasteiger partial charge in [0.1, 0.15) is 0 Å². The second-order valence-electron chi connectivity index (χ2n) is 11.1. The Balaban J connectivity index is 1.74. The lowest BCUT2D eigenvalue weighted by molar-refractivity contribution is -0.133. The van der Waals surface area contributed by atoms with E-state index in [9.17, 15) is 4.79 Å². The number of ether oxygens (including phenoxy) is 1. The summed E-state index contributed by atoms with van der Waals surface area (Å²) in [6.07, 6.45) is -0.219. The zero-order chi connectivity index (χ0) is 26.5. The molecule has 0 aliphatic carbocycles. The average Bonchev–Trinajstić information content (AvgIpc) is 2.99. The zero-order valence-electron chi connectivity index (χ0n) is 22.8. The molecule has 3 aromatic rings. The van der Waals surface area contributed by atoms with Crippen molar-refractivity contribution in [2.45, 2.75) is 44.6 Å². The molecule has 1 aliphatic rings. The van der Waals surface area contributed by atoms with Gasteiger partial charge in [-0.1, -0.05) is 112 Å². The molecule has 196 valence electrons. The fourth-order valence-corrected chi connectivity index (χ4v) is 10.1. The van der Waals surface area contributed by atoms with Gasteiger partial charge in [-0.2, -0.15) is 0 Å². The fourth-order valence-electron chi connectivity index (χ4n) is 5.40. The summed E-state index contributed by atoms with van der Waals surface area (Å²) < 4.78 is 13.8. The van der Waals surface area contributed by atoms with Crippen molar-refractivity contribution < 1.29 is 14.0 Å². The number of rotatable bonds is 8. The Morgan fingerprint density at radius 1 is 0.838 bits per heavy atom. The lowest BCUT2D eigenvalue weighted by Crippen LogP contribution is -2.69. The number of benzene rings is 3. The summed E-state index contributed by atoms with van der Waals surface area (Å²) in [6.45, 7) is 8.79. The molecule has 0 unspecified atom stereocenters. The highest BCUT2D eigenvalue weighted by Crippen LogP contribution is 2.38. The van der Waals surface area contributed by atoms with E-state index in [0.29, 0.717) is 26.3 Å². The standard InChI is InChI=1S/C31H40N2O3Si/c1-31(2,3)37(26-17-11-7-12-18-26,27-19-13-8-14-20-27)36-29-21-32(4)22-30(34)33(5)28(29)24-35-23-25-15-9-6-10-16-25/h6-20,28-29H,21-24H2,1-5H3/t28-,29-/m0/s1. The van der Waals surface area contributed by atoms with Crippen LogP contribution >= 0.6 is 0 Å². The number of hydrogen-bond donors (Lipinski definition) is 0. The van der Waals surface area contributed by atoms with Crippen molar-refractivity contribution in [2.75, 3.05) is 33.8 Å². The van der Waals surface area contributed by atoms with Crippen LogP contribution in [-0.4, -0.2) is 70.0 Å². The van der Waals surface area contributed by atoms with E-state index in [1.807, 2.05) is 37.2 Å². The van der Waals surface area contributed by atoms with Gasteiger partial charge in [-0.25, -0.2) is 0 Å². The molecule has 37 heavy (non-hydrogen) atoms. The molecule has 1 amide bonds. The molecule has 2 atom stereocenters. The van der Waals surface area contributed by atoms with E-state index in [4.69, 9.17) is 9.16 Å². The highest BCUT2D eigenvalue weighted by Gasteiger charge is 2.53. The molecular formula is C31H40N2O3Si. The van der Waals surface area contributed by atoms with E-state index < -0.39 is 8.32 Å². The van der Waals surface area contributed by atoms with Crippen molar-refractivity contribution in [1.82, 2.24) is 9.80 Å². The Labute approximate surface area is 223 Å². The Kier molecular flexibility index (Phi) is 8.65. The first kappa shape index (κ1) is 27.3. The molecule has 0 radical (unpaired) electrons. The van der Waals surface area contributed by atoms with Crippen LogP contribution in [0.2, 0.25) is 5.04 Å². The van der Waals surface area contributed by atoms with Crippen LogP contribution in [0.3, 0.4) is 0 Å². The van der Waals surface area contributed by atoms with Gasteiger partial charge in [0.2, 0.25) is 5.91 Å². The van der Waals surface area contributed by atoms with Crippen LogP contribution in [-0.2, 0) is 20.6 Å². The summed E-state index contributed by atoms with van der Waals surface area (Å²) in [5.41, 5.74) is 1.12. The molecule has 3 aromatic carbocycles. The Morgan fingerprint density at radius 3 is 1.86 bits per heavy atom. The minimum Gasteiger partial charge on any atom is -0.401 e. The molecule has 0 spiro atoms. The number of nitrogens with zero attached hydrogens (tertiary/aromatic N) is 2. The second kappa shape index (κ2) is 11.7. The van der Waals surface area contributed by atoms with Gasteiger partial charge in [0.25, 0.3) is 8.32 Å². The van der Waals surface area contributed by atoms with Crippen molar-refractivity contribution in [1.29, 1.82) is 0 Å². The van der Waals surface area contributed by atoms with Crippen LogP contribution in [0.25, 0.3) is 0 Å². The SMILES string of the molecule is CN1CC(=O)N(C)[C@@H](COCc2ccccc2)[C@@H](O[Si](c2ccccc2)(c2ccccc2)C(C)(C)C)C1. The maximum atomic E-state index is 13.1. The summed E-state index contributed by atoms with van der Waals surface area (Å²) in [6, 6.07) is 31.3. The van der Waals surface area contributed by atoms with Gasteiger partial charge in [0.05, 0.1) is 31.9 Å². The molecule has 1 heterocycles. The lowest BCUT2D eigenvalue weighted by atomic mass is 10.1. The summed E-state index contributed by atoms with van der Waals surface area (Å²) in [7, 11) is 1.08. The Morgan fingerprint density at radius 2 is 1.35 bits per heavy atom. The number of likely N-dealkylation sites (N-methyl/N-ethyl adjacent to an activating group) is 2. The monoisotopic (exact) mass is 516 g/mol. The van der Waals surface area contributed by atoms with Crippen LogP contribution in [0.4, 0.5) is 0 Å². The van der Waals surface area contributed by atoms with Crippen molar-refractivity contribution >= 4 is 24.6 Å². The lowest BCUT2D eigenvalue weighted by Gasteiger charge is -2.47. The molecule has 0 saturated carbocycles. The van der Waals surface area contributed by atoms with Crippen LogP contribution in [0.5, 0.6) is 0 Å². The van der Waals surface area contributed by atoms with Gasteiger partial charge in [-0.3, -0.25) is 9.69 Å². The largest absolute Gasteiger partial charge is 0.401 e. The van der Waals surface area contributed by atoms with Gasteiger partial charge >= 0.3 is 0 Å². The van der Waals surface area contributed by atoms with Crippen molar-refractivity contribution in [3.8, 4) is 0 Å². The highest BCUT2D eigenvalue weighted by molar-refractivity contribution is 6.99. The molecular weight excluding hydrogens is 476 g/mol. The molecule has 0 N–H and O–H groups in total. The molecule has 0 bridgehead atoms. The van der Waals surface area contributed by atoms with Gasteiger partial charge in [0, 0.05) is 13.6 Å². The van der Waals surface area contributed by atoms with E-state index in [-0.39, 0.29) is 23.1 Å². The van der Waals surface area contributed by atoms with Crippen molar-refractivity contribution in [3.63, 3.8) is 0 Å². The predicted molar refractivity (Wildman–Crippen MR) is 153 cm³/mol. The van der Waals surface area contributed by atoms with Crippen LogP contribution in [0, 0.1) is 0 Å². The maximum absolute atomic E-state index is 13.1. The molecule has 4 rings (SSSR count). The third kappa shape index (κ3) is 6.04. The van der Waals surface area contributed by atoms with Gasteiger partial charge in [-0.05, 0) is 28.0 Å². The minimum atomic E-state index is -2.81. The molecule has 6 heteroatoms. The first-order chi connectivity index (χ1) is 17.7. The molecule has 1 fully saturated rings.